The topological polar surface area (TPSA) is 57.7 Å². The minimum Gasteiger partial charge on any atom is -0.379 e. The number of rotatable bonds is 8. The largest absolute Gasteiger partial charge is 0.379 e. The van der Waals surface area contributed by atoms with Crippen molar-refractivity contribution in [2.45, 2.75) is 24.8 Å². The summed E-state index contributed by atoms with van der Waals surface area (Å²) in [5.74, 6) is 1.17. The quantitative estimate of drug-likeness (QED) is 0.657. The summed E-state index contributed by atoms with van der Waals surface area (Å²) in [5, 5.41) is 3.40. The molecule has 1 amide bonds. The Morgan fingerprint density at radius 1 is 1.22 bits per heavy atom. The smallest absolute Gasteiger partial charge is 0.234 e. The number of carbonyl (C=O) groups is 1. The number of amides is 1. The van der Waals surface area contributed by atoms with Crippen LogP contribution in [0.15, 0.2) is 24.4 Å². The van der Waals surface area contributed by atoms with E-state index in [0.29, 0.717) is 19.8 Å². The molecule has 0 aromatic carbocycles. The Balaban J connectivity index is 1.61. The summed E-state index contributed by atoms with van der Waals surface area (Å²) in [7, 11) is 3.69. The number of carbonyl (C=O) groups excluding carboxylic acids is 1. The molecular formula is C19H30N4O2S2. The van der Waals surface area contributed by atoms with Gasteiger partial charge in [-0.3, -0.25) is 19.6 Å². The van der Waals surface area contributed by atoms with Gasteiger partial charge in [0.25, 0.3) is 0 Å². The number of hydrogen-bond acceptors (Lipinski definition) is 7. The third-order valence-corrected chi connectivity index (χ3v) is 7.02. The first kappa shape index (κ1) is 20.9. The zero-order valence-electron chi connectivity index (χ0n) is 16.1. The Labute approximate surface area is 170 Å². The van der Waals surface area contributed by atoms with Gasteiger partial charge in [-0.1, -0.05) is 27.7 Å². The van der Waals surface area contributed by atoms with Gasteiger partial charge in [-0.05, 0) is 31.2 Å². The predicted octanol–water partition coefficient (Wildman–Crippen LogP) is 1.88. The number of likely N-dealkylation sites (tertiary alicyclic amines) is 1. The Hall–Kier alpha value is -0.800. The maximum atomic E-state index is 12.8. The molecule has 0 saturated carbocycles. The van der Waals surface area contributed by atoms with Gasteiger partial charge in [-0.25, -0.2) is 0 Å². The molecule has 0 spiro atoms. The summed E-state index contributed by atoms with van der Waals surface area (Å²) < 4.78 is 5.38. The van der Waals surface area contributed by atoms with Crippen molar-refractivity contribution in [1.82, 2.24) is 20.1 Å². The molecule has 0 bridgehead atoms. The summed E-state index contributed by atoms with van der Waals surface area (Å²) in [5.41, 5.74) is 0.856. The van der Waals surface area contributed by atoms with E-state index in [1.165, 1.54) is 0 Å². The summed E-state index contributed by atoms with van der Waals surface area (Å²) in [6.07, 6.45) is 6.68. The number of morpholine rings is 1. The maximum Gasteiger partial charge on any atom is 0.234 e. The van der Waals surface area contributed by atoms with Gasteiger partial charge in [-0.15, -0.1) is 0 Å². The number of aromatic nitrogens is 1. The lowest BCUT2D eigenvalue weighted by Gasteiger charge is -2.42. The molecule has 8 heteroatoms. The van der Waals surface area contributed by atoms with Crippen LogP contribution in [0.4, 0.5) is 0 Å². The fraction of sp³-hybridized carbons (Fsp3) is 0.684. The first-order valence-corrected chi connectivity index (χ1v) is 12.3. The second-order valence-corrected chi connectivity index (χ2v) is 9.78. The zero-order chi connectivity index (χ0) is 19.0. The van der Waals surface area contributed by atoms with E-state index in [2.05, 4.69) is 32.4 Å². The fourth-order valence-corrected chi connectivity index (χ4v) is 5.01. The molecule has 0 radical (unpaired) electrons. The predicted molar refractivity (Wildman–Crippen MR) is 113 cm³/mol. The Kier molecular flexibility index (Phi) is 8.26. The lowest BCUT2D eigenvalue weighted by molar-refractivity contribution is -0.125. The summed E-state index contributed by atoms with van der Waals surface area (Å²) >= 11 is 0. The van der Waals surface area contributed by atoms with E-state index in [-0.39, 0.29) is 11.4 Å². The molecule has 150 valence electrons. The van der Waals surface area contributed by atoms with E-state index in [4.69, 9.17) is 4.74 Å². The van der Waals surface area contributed by atoms with Crippen LogP contribution in [-0.4, -0.2) is 84.3 Å². The molecule has 0 aliphatic carbocycles. The van der Waals surface area contributed by atoms with Gasteiger partial charge in [0.2, 0.25) is 5.91 Å². The molecular weight excluding hydrogens is 380 g/mol. The van der Waals surface area contributed by atoms with Crippen LogP contribution in [0.1, 0.15) is 18.5 Å². The average molecular weight is 411 g/mol. The molecule has 2 aliphatic heterocycles. The lowest BCUT2D eigenvalue weighted by atomic mass is 9.83. The van der Waals surface area contributed by atoms with Gasteiger partial charge >= 0.3 is 0 Å². The summed E-state index contributed by atoms with van der Waals surface area (Å²) in [6, 6.07) is 6.02. The molecule has 3 heterocycles. The van der Waals surface area contributed by atoms with Gasteiger partial charge in [0.15, 0.2) is 0 Å². The van der Waals surface area contributed by atoms with Crippen LogP contribution in [0.5, 0.6) is 0 Å². The van der Waals surface area contributed by atoms with Gasteiger partial charge in [0.1, 0.15) is 0 Å². The highest BCUT2D eigenvalue weighted by molar-refractivity contribution is 8.76. The Morgan fingerprint density at radius 2 is 2.00 bits per heavy atom. The molecule has 2 saturated heterocycles. The first-order valence-electron chi connectivity index (χ1n) is 9.58. The Morgan fingerprint density at radius 3 is 2.67 bits per heavy atom. The highest BCUT2D eigenvalue weighted by Crippen LogP contribution is 2.28. The highest BCUT2D eigenvalue weighted by atomic mass is 33.1. The number of nitrogens with one attached hydrogen (secondary N) is 1. The van der Waals surface area contributed by atoms with Crippen molar-refractivity contribution in [3.05, 3.63) is 30.1 Å². The number of pyridine rings is 1. The molecule has 1 aromatic heterocycles. The van der Waals surface area contributed by atoms with E-state index in [1.807, 2.05) is 39.9 Å². The Bertz CT molecular complexity index is 576. The third kappa shape index (κ3) is 6.64. The second kappa shape index (κ2) is 10.7. The SMILES string of the molecule is CSSCN1CCC(Cc2ccccn2)(NC(=O)CN2CCOCC2)CC1. The maximum absolute atomic E-state index is 12.8. The van der Waals surface area contributed by atoms with Crippen molar-refractivity contribution in [2.24, 2.45) is 0 Å². The van der Waals surface area contributed by atoms with Gasteiger partial charge in [0.05, 0.1) is 25.6 Å². The molecule has 2 fully saturated rings. The normalized spacial score (nSPS) is 21.1. The molecule has 0 unspecified atom stereocenters. The van der Waals surface area contributed by atoms with Gasteiger partial charge in [-0.2, -0.15) is 0 Å². The van der Waals surface area contributed by atoms with Crippen molar-refractivity contribution in [2.75, 3.05) is 58.1 Å². The minimum atomic E-state index is -0.196. The first-order chi connectivity index (χ1) is 13.2. The summed E-state index contributed by atoms with van der Waals surface area (Å²) in [4.78, 5) is 22.0. The van der Waals surface area contributed by atoms with Crippen LogP contribution in [0.25, 0.3) is 0 Å². The number of ether oxygens (including phenoxy) is 1. The highest BCUT2D eigenvalue weighted by Gasteiger charge is 2.36. The summed E-state index contributed by atoms with van der Waals surface area (Å²) in [6.45, 7) is 5.58. The fourth-order valence-electron chi connectivity index (χ4n) is 3.73. The van der Waals surface area contributed by atoms with E-state index < -0.39 is 0 Å². The monoisotopic (exact) mass is 410 g/mol. The molecule has 1 aromatic rings. The molecule has 2 aliphatic rings. The van der Waals surface area contributed by atoms with Crippen LogP contribution in [0.2, 0.25) is 0 Å². The molecule has 3 rings (SSSR count). The van der Waals surface area contributed by atoms with Crippen molar-refractivity contribution in [3.63, 3.8) is 0 Å². The van der Waals surface area contributed by atoms with Crippen molar-refractivity contribution >= 4 is 27.5 Å². The van der Waals surface area contributed by atoms with Crippen molar-refractivity contribution < 1.29 is 9.53 Å². The lowest BCUT2D eigenvalue weighted by Crippen LogP contribution is -2.58. The zero-order valence-corrected chi connectivity index (χ0v) is 17.7. The molecule has 27 heavy (non-hydrogen) atoms. The number of nitrogens with zero attached hydrogens (tertiary/aromatic N) is 3. The van der Waals surface area contributed by atoms with Crippen LogP contribution in [0, 0.1) is 0 Å². The standard InChI is InChI=1S/C19H30N4O2S2/c1-26-27-16-23-8-5-19(6-9-23,14-17-4-2-3-7-20-17)21-18(24)15-22-10-12-25-13-11-22/h2-4,7H,5-6,8-16H2,1H3,(H,21,24). The van der Waals surface area contributed by atoms with Crippen molar-refractivity contribution in [1.29, 1.82) is 0 Å². The second-order valence-electron chi connectivity index (χ2n) is 7.25. The van der Waals surface area contributed by atoms with Gasteiger partial charge < -0.3 is 10.1 Å². The van der Waals surface area contributed by atoms with Crippen LogP contribution in [-0.2, 0) is 16.0 Å². The number of hydrogen-bond donors (Lipinski definition) is 1. The molecule has 0 atom stereocenters. The van der Waals surface area contributed by atoms with Crippen LogP contribution < -0.4 is 5.32 Å². The minimum absolute atomic E-state index is 0.125. The van der Waals surface area contributed by atoms with Gasteiger partial charge in [0, 0.05) is 50.0 Å². The van der Waals surface area contributed by atoms with E-state index >= 15 is 0 Å². The molecule has 1 N–H and O–H groups in total. The van der Waals surface area contributed by atoms with Crippen molar-refractivity contribution in [3.8, 4) is 0 Å². The third-order valence-electron chi connectivity index (χ3n) is 5.29. The van der Waals surface area contributed by atoms with Crippen LogP contribution >= 0.6 is 21.6 Å². The van der Waals surface area contributed by atoms with E-state index in [1.54, 1.807) is 0 Å². The molecule has 6 nitrogen and oxygen atoms in total. The number of piperidine rings is 1. The van der Waals surface area contributed by atoms with E-state index in [0.717, 1.165) is 57.0 Å². The van der Waals surface area contributed by atoms with E-state index in [9.17, 15) is 4.79 Å². The average Bonchev–Trinajstić information content (AvgIpc) is 2.69. The van der Waals surface area contributed by atoms with Crippen LogP contribution in [0.3, 0.4) is 0 Å².